The standard InChI is InChI=1S/C24H20F2N4O2S2/c1-32-18-13-11-16(12-14-18)22-28-29-24(30(22)17-7-3-2-4-8-17)33-15-21(31)27-19-9-5-6-10-20(19)34-23(25)26/h2-14,23H,15H2,1H3,(H,27,31). The molecule has 0 atom stereocenters. The first-order valence-electron chi connectivity index (χ1n) is 10.2. The third-order valence-electron chi connectivity index (χ3n) is 4.71. The molecule has 0 aliphatic rings. The Kier molecular flexibility index (Phi) is 7.81. The van der Waals surface area contributed by atoms with E-state index in [0.717, 1.165) is 17.0 Å². The maximum absolute atomic E-state index is 12.8. The van der Waals surface area contributed by atoms with Crippen molar-refractivity contribution in [1.29, 1.82) is 0 Å². The zero-order valence-electron chi connectivity index (χ0n) is 18.0. The Labute approximate surface area is 203 Å². The van der Waals surface area contributed by atoms with E-state index in [9.17, 15) is 13.6 Å². The predicted molar refractivity (Wildman–Crippen MR) is 131 cm³/mol. The third-order valence-corrected chi connectivity index (χ3v) is 6.42. The van der Waals surface area contributed by atoms with Crippen molar-refractivity contribution in [1.82, 2.24) is 14.8 Å². The number of carbonyl (C=O) groups is 1. The fraction of sp³-hybridized carbons (Fsp3) is 0.125. The molecule has 1 amide bonds. The molecule has 1 heterocycles. The molecule has 0 saturated heterocycles. The first-order chi connectivity index (χ1) is 16.5. The van der Waals surface area contributed by atoms with Crippen LogP contribution < -0.4 is 10.1 Å². The van der Waals surface area contributed by atoms with Gasteiger partial charge in [0, 0.05) is 16.1 Å². The van der Waals surface area contributed by atoms with Crippen molar-refractivity contribution >= 4 is 35.1 Å². The highest BCUT2D eigenvalue weighted by molar-refractivity contribution is 8.00. The molecule has 1 N–H and O–H groups in total. The fourth-order valence-electron chi connectivity index (χ4n) is 3.19. The molecule has 3 aromatic carbocycles. The maximum Gasteiger partial charge on any atom is 0.288 e. The van der Waals surface area contributed by atoms with E-state index in [1.165, 1.54) is 11.8 Å². The molecule has 0 saturated carbocycles. The van der Waals surface area contributed by atoms with Gasteiger partial charge in [0.2, 0.25) is 5.91 Å². The number of benzene rings is 3. The summed E-state index contributed by atoms with van der Waals surface area (Å²) in [6.45, 7) is 0. The summed E-state index contributed by atoms with van der Waals surface area (Å²) in [4.78, 5) is 12.9. The number of anilines is 1. The van der Waals surface area contributed by atoms with Crippen molar-refractivity contribution < 1.29 is 18.3 Å². The van der Waals surface area contributed by atoms with E-state index in [2.05, 4.69) is 15.5 Å². The first-order valence-corrected chi connectivity index (χ1v) is 12.0. The maximum atomic E-state index is 12.8. The summed E-state index contributed by atoms with van der Waals surface area (Å²) < 4.78 is 32.7. The van der Waals surface area contributed by atoms with Gasteiger partial charge < -0.3 is 10.1 Å². The number of methoxy groups -OCH3 is 1. The Morgan fingerprint density at radius 2 is 1.71 bits per heavy atom. The smallest absolute Gasteiger partial charge is 0.288 e. The number of amides is 1. The number of nitrogens with zero attached hydrogens (tertiary/aromatic N) is 3. The molecule has 10 heteroatoms. The van der Waals surface area contributed by atoms with Gasteiger partial charge in [-0.1, -0.05) is 53.9 Å². The lowest BCUT2D eigenvalue weighted by Gasteiger charge is -2.12. The average molecular weight is 499 g/mol. The number of ether oxygens (including phenoxy) is 1. The fourth-order valence-corrected chi connectivity index (χ4v) is 4.53. The van der Waals surface area contributed by atoms with Crippen molar-refractivity contribution in [2.45, 2.75) is 15.8 Å². The van der Waals surface area contributed by atoms with Gasteiger partial charge in [-0.15, -0.1) is 10.2 Å². The number of para-hydroxylation sites is 2. The van der Waals surface area contributed by atoms with Gasteiger partial charge in [0.25, 0.3) is 5.76 Å². The lowest BCUT2D eigenvalue weighted by atomic mass is 10.2. The highest BCUT2D eigenvalue weighted by Gasteiger charge is 2.18. The van der Waals surface area contributed by atoms with Crippen LogP contribution in [0.15, 0.2) is 88.9 Å². The van der Waals surface area contributed by atoms with Gasteiger partial charge in [-0.25, -0.2) is 0 Å². The van der Waals surface area contributed by atoms with Crippen molar-refractivity contribution in [2.75, 3.05) is 18.2 Å². The van der Waals surface area contributed by atoms with Crippen LogP contribution in [-0.2, 0) is 4.79 Å². The van der Waals surface area contributed by atoms with Gasteiger partial charge >= 0.3 is 0 Å². The predicted octanol–water partition coefficient (Wildman–Crippen LogP) is 5.99. The van der Waals surface area contributed by atoms with Crippen LogP contribution >= 0.6 is 23.5 Å². The van der Waals surface area contributed by atoms with Crippen molar-refractivity contribution in [3.63, 3.8) is 0 Å². The highest BCUT2D eigenvalue weighted by Crippen LogP contribution is 2.32. The van der Waals surface area contributed by atoms with E-state index >= 15 is 0 Å². The van der Waals surface area contributed by atoms with E-state index in [4.69, 9.17) is 4.74 Å². The summed E-state index contributed by atoms with van der Waals surface area (Å²) in [6, 6.07) is 23.5. The number of rotatable bonds is 9. The third kappa shape index (κ3) is 5.75. The minimum absolute atomic E-state index is 0.0290. The van der Waals surface area contributed by atoms with E-state index in [1.807, 2.05) is 59.2 Å². The Bertz CT molecular complexity index is 1250. The minimum atomic E-state index is -2.58. The summed E-state index contributed by atoms with van der Waals surface area (Å²) in [5, 5.41) is 11.9. The van der Waals surface area contributed by atoms with Crippen LogP contribution in [0.1, 0.15) is 0 Å². The van der Waals surface area contributed by atoms with Crippen molar-refractivity contribution in [3.05, 3.63) is 78.9 Å². The minimum Gasteiger partial charge on any atom is -0.497 e. The van der Waals surface area contributed by atoms with Gasteiger partial charge in [-0.05, 0) is 48.5 Å². The van der Waals surface area contributed by atoms with Crippen molar-refractivity contribution in [3.8, 4) is 22.8 Å². The van der Waals surface area contributed by atoms with E-state index in [1.54, 1.807) is 31.4 Å². The van der Waals surface area contributed by atoms with Gasteiger partial charge in [-0.2, -0.15) is 8.78 Å². The summed E-state index contributed by atoms with van der Waals surface area (Å²) in [5.74, 6) is -1.53. The van der Waals surface area contributed by atoms with Crippen molar-refractivity contribution in [2.24, 2.45) is 0 Å². The normalized spacial score (nSPS) is 10.9. The molecular weight excluding hydrogens is 478 g/mol. The van der Waals surface area contributed by atoms with Crippen LogP contribution in [0.3, 0.4) is 0 Å². The molecule has 0 bridgehead atoms. The molecule has 0 spiro atoms. The Balaban J connectivity index is 1.55. The summed E-state index contributed by atoms with van der Waals surface area (Å²) in [5.41, 5.74) is 2.04. The molecule has 0 aliphatic heterocycles. The molecule has 4 rings (SSSR count). The molecule has 6 nitrogen and oxygen atoms in total. The van der Waals surface area contributed by atoms with Gasteiger partial charge in [0.15, 0.2) is 11.0 Å². The van der Waals surface area contributed by atoms with Crippen LogP contribution in [0, 0.1) is 0 Å². The topological polar surface area (TPSA) is 69.0 Å². The second-order valence-electron chi connectivity index (χ2n) is 6.92. The molecule has 1 aromatic heterocycles. The largest absolute Gasteiger partial charge is 0.497 e. The molecule has 34 heavy (non-hydrogen) atoms. The number of nitrogens with one attached hydrogen (secondary N) is 1. The van der Waals surface area contributed by atoms with Crippen LogP contribution in [0.2, 0.25) is 0 Å². The average Bonchev–Trinajstić information content (AvgIpc) is 3.28. The lowest BCUT2D eigenvalue weighted by molar-refractivity contribution is -0.113. The second kappa shape index (κ2) is 11.2. The second-order valence-corrected chi connectivity index (χ2v) is 8.89. The van der Waals surface area contributed by atoms with E-state index in [-0.39, 0.29) is 11.7 Å². The quantitative estimate of drug-likeness (QED) is 0.286. The monoisotopic (exact) mass is 498 g/mol. The zero-order valence-corrected chi connectivity index (χ0v) is 19.7. The number of hydrogen-bond acceptors (Lipinski definition) is 6. The SMILES string of the molecule is COc1ccc(-c2nnc(SCC(=O)Nc3ccccc3SC(F)F)n2-c2ccccc2)cc1. The number of aromatic nitrogens is 3. The summed E-state index contributed by atoms with van der Waals surface area (Å²) >= 11 is 1.60. The van der Waals surface area contributed by atoms with Gasteiger partial charge in [0.1, 0.15) is 5.75 Å². The zero-order chi connectivity index (χ0) is 23.9. The summed E-state index contributed by atoms with van der Waals surface area (Å²) in [6.07, 6.45) is 0. The molecular formula is C24H20F2N4O2S2. The number of carbonyl (C=O) groups excluding carboxylic acids is 1. The molecule has 0 fully saturated rings. The Morgan fingerprint density at radius 3 is 2.41 bits per heavy atom. The molecule has 0 radical (unpaired) electrons. The number of halogens is 2. The summed E-state index contributed by atoms with van der Waals surface area (Å²) in [7, 11) is 1.60. The highest BCUT2D eigenvalue weighted by atomic mass is 32.2. The first kappa shape index (κ1) is 23.8. The molecule has 4 aromatic rings. The van der Waals surface area contributed by atoms with E-state index in [0.29, 0.717) is 33.3 Å². The van der Waals surface area contributed by atoms with Crippen LogP contribution in [0.4, 0.5) is 14.5 Å². The lowest BCUT2D eigenvalue weighted by Crippen LogP contribution is -2.15. The van der Waals surface area contributed by atoms with Gasteiger partial charge in [-0.3, -0.25) is 9.36 Å². The van der Waals surface area contributed by atoms with Crippen LogP contribution in [-0.4, -0.2) is 39.3 Å². The van der Waals surface area contributed by atoms with Crippen LogP contribution in [0.25, 0.3) is 17.1 Å². The molecule has 0 aliphatic carbocycles. The number of alkyl halides is 2. The van der Waals surface area contributed by atoms with Gasteiger partial charge in [0.05, 0.1) is 18.6 Å². The molecule has 0 unspecified atom stereocenters. The molecule has 174 valence electrons. The number of thioether (sulfide) groups is 2. The Morgan fingerprint density at radius 1 is 1.00 bits per heavy atom. The Hall–Kier alpha value is -3.37. The van der Waals surface area contributed by atoms with E-state index < -0.39 is 5.76 Å². The number of hydrogen-bond donors (Lipinski definition) is 1. The van der Waals surface area contributed by atoms with Crippen LogP contribution in [0.5, 0.6) is 5.75 Å².